The van der Waals surface area contributed by atoms with Crippen LogP contribution in [0.25, 0.3) is 10.6 Å². The minimum absolute atomic E-state index is 0.199. The summed E-state index contributed by atoms with van der Waals surface area (Å²) in [4.78, 5) is 33.0. The lowest BCUT2D eigenvalue weighted by Gasteiger charge is -2.06. The number of carbonyl (C=O) groups is 2. The van der Waals surface area contributed by atoms with Gasteiger partial charge in [0, 0.05) is 17.3 Å². The molecule has 6 nitrogen and oxygen atoms in total. The van der Waals surface area contributed by atoms with E-state index in [1.165, 1.54) is 29.7 Å². The maximum atomic E-state index is 12.3. The molecule has 2 amide bonds. The molecule has 0 aliphatic carbocycles. The first-order valence-electron chi connectivity index (χ1n) is 7.29. The molecule has 0 radical (unpaired) electrons. The maximum absolute atomic E-state index is 12.3. The molecular formula is C17H13ClN4O2S. The minimum Gasteiger partial charge on any atom is -0.267 e. The quantitative estimate of drug-likeness (QED) is 0.546. The van der Waals surface area contributed by atoms with Gasteiger partial charge >= 0.3 is 0 Å². The Morgan fingerprint density at radius 2 is 1.80 bits per heavy atom. The fourth-order valence-corrected chi connectivity index (χ4v) is 3.24. The van der Waals surface area contributed by atoms with Crippen molar-refractivity contribution in [1.82, 2.24) is 20.8 Å². The van der Waals surface area contributed by atoms with E-state index in [-0.39, 0.29) is 5.15 Å². The molecule has 1 aromatic carbocycles. The summed E-state index contributed by atoms with van der Waals surface area (Å²) < 4.78 is 0. The van der Waals surface area contributed by atoms with Crippen LogP contribution >= 0.6 is 22.9 Å². The summed E-state index contributed by atoms with van der Waals surface area (Å²) >= 11 is 7.01. The van der Waals surface area contributed by atoms with Gasteiger partial charge in [-0.05, 0) is 19.1 Å². The van der Waals surface area contributed by atoms with E-state index in [1.54, 1.807) is 6.92 Å². The van der Waals surface area contributed by atoms with Crippen LogP contribution in [-0.2, 0) is 0 Å². The van der Waals surface area contributed by atoms with E-state index in [4.69, 9.17) is 11.6 Å². The number of halogens is 1. The first kappa shape index (κ1) is 17.1. The highest BCUT2D eigenvalue weighted by Crippen LogP contribution is 2.27. The number of rotatable bonds is 3. The van der Waals surface area contributed by atoms with E-state index in [2.05, 4.69) is 20.8 Å². The lowest BCUT2D eigenvalue weighted by molar-refractivity contribution is 0.0848. The Bertz CT molecular complexity index is 927. The van der Waals surface area contributed by atoms with Crippen LogP contribution in [-0.4, -0.2) is 21.8 Å². The minimum atomic E-state index is -0.483. The highest BCUT2D eigenvalue weighted by Gasteiger charge is 2.17. The normalized spacial score (nSPS) is 10.3. The van der Waals surface area contributed by atoms with Crippen molar-refractivity contribution in [2.24, 2.45) is 0 Å². The summed E-state index contributed by atoms with van der Waals surface area (Å²) in [6, 6.07) is 12.5. The average molecular weight is 373 g/mol. The molecule has 3 rings (SSSR count). The molecule has 2 heterocycles. The van der Waals surface area contributed by atoms with Crippen LogP contribution in [0.4, 0.5) is 0 Å². The van der Waals surface area contributed by atoms with Gasteiger partial charge in [0.1, 0.15) is 15.0 Å². The van der Waals surface area contributed by atoms with Crippen molar-refractivity contribution in [2.75, 3.05) is 0 Å². The first-order chi connectivity index (χ1) is 12.0. The number of nitrogens with zero attached hydrogens (tertiary/aromatic N) is 2. The second kappa shape index (κ2) is 7.42. The number of carbonyl (C=O) groups excluding carboxylic acids is 2. The number of nitrogens with one attached hydrogen (secondary N) is 2. The second-order valence-corrected chi connectivity index (χ2v) is 6.46. The number of benzene rings is 1. The molecule has 0 unspecified atom stereocenters. The molecular weight excluding hydrogens is 360 g/mol. The summed E-state index contributed by atoms with van der Waals surface area (Å²) in [6.07, 6.45) is 1.42. The number of hydrazine groups is 1. The largest absolute Gasteiger partial charge is 0.281 e. The molecule has 0 saturated carbocycles. The third kappa shape index (κ3) is 4.01. The van der Waals surface area contributed by atoms with Gasteiger partial charge in [-0.15, -0.1) is 11.3 Å². The smallest absolute Gasteiger partial charge is 0.267 e. The van der Waals surface area contributed by atoms with Crippen molar-refractivity contribution in [3.05, 3.63) is 69.9 Å². The predicted octanol–water partition coefficient (Wildman–Crippen LogP) is 3.24. The Morgan fingerprint density at radius 1 is 1.08 bits per heavy atom. The van der Waals surface area contributed by atoms with Crippen molar-refractivity contribution in [2.45, 2.75) is 6.92 Å². The van der Waals surface area contributed by atoms with Crippen molar-refractivity contribution < 1.29 is 9.59 Å². The van der Waals surface area contributed by atoms with Crippen molar-refractivity contribution in [1.29, 1.82) is 0 Å². The van der Waals surface area contributed by atoms with Crippen LogP contribution in [0.5, 0.6) is 0 Å². The number of aromatic nitrogens is 2. The second-order valence-electron chi connectivity index (χ2n) is 5.08. The van der Waals surface area contributed by atoms with E-state index in [0.29, 0.717) is 16.1 Å². The zero-order valence-corrected chi connectivity index (χ0v) is 14.7. The number of amides is 2. The molecule has 0 bridgehead atoms. The molecule has 8 heteroatoms. The highest BCUT2D eigenvalue weighted by molar-refractivity contribution is 7.17. The third-order valence-corrected chi connectivity index (χ3v) is 4.71. The van der Waals surface area contributed by atoms with E-state index in [0.717, 1.165) is 10.6 Å². The maximum Gasteiger partial charge on any atom is 0.281 e. The van der Waals surface area contributed by atoms with Crippen molar-refractivity contribution >= 4 is 34.8 Å². The molecule has 2 N–H and O–H groups in total. The van der Waals surface area contributed by atoms with E-state index in [9.17, 15) is 9.59 Å². The molecule has 25 heavy (non-hydrogen) atoms. The summed E-state index contributed by atoms with van der Waals surface area (Å²) in [6.45, 7) is 1.75. The molecule has 0 saturated heterocycles. The Balaban J connectivity index is 1.70. The van der Waals surface area contributed by atoms with Crippen LogP contribution in [0.15, 0.2) is 48.7 Å². The van der Waals surface area contributed by atoms with Gasteiger partial charge in [0.05, 0.1) is 5.69 Å². The molecule has 0 spiro atoms. The van der Waals surface area contributed by atoms with Gasteiger partial charge in [-0.1, -0.05) is 41.9 Å². The van der Waals surface area contributed by atoms with Crippen molar-refractivity contribution in [3.8, 4) is 10.6 Å². The summed E-state index contributed by atoms with van der Waals surface area (Å²) in [5.41, 5.74) is 6.58. The molecule has 126 valence electrons. The lowest BCUT2D eigenvalue weighted by Crippen LogP contribution is -2.41. The van der Waals surface area contributed by atoms with E-state index < -0.39 is 11.8 Å². The van der Waals surface area contributed by atoms with Crippen LogP contribution in [0.1, 0.15) is 25.7 Å². The molecule has 0 aliphatic rings. The Labute approximate surface area is 152 Å². The fourth-order valence-electron chi connectivity index (χ4n) is 2.10. The van der Waals surface area contributed by atoms with Crippen LogP contribution < -0.4 is 10.9 Å². The average Bonchev–Trinajstić information content (AvgIpc) is 3.02. The van der Waals surface area contributed by atoms with Gasteiger partial charge in [-0.2, -0.15) is 0 Å². The van der Waals surface area contributed by atoms with Gasteiger partial charge in [-0.25, -0.2) is 9.97 Å². The number of hydrogen-bond donors (Lipinski definition) is 2. The zero-order chi connectivity index (χ0) is 17.8. The molecule has 2 aromatic heterocycles. The lowest BCUT2D eigenvalue weighted by atomic mass is 10.2. The third-order valence-electron chi connectivity index (χ3n) is 3.30. The van der Waals surface area contributed by atoms with Crippen LogP contribution in [0.2, 0.25) is 5.15 Å². The molecule has 0 atom stereocenters. The van der Waals surface area contributed by atoms with Gasteiger partial charge in [0.15, 0.2) is 0 Å². The molecule has 3 aromatic rings. The Kier molecular flexibility index (Phi) is 5.06. The highest BCUT2D eigenvalue weighted by atomic mass is 35.5. The van der Waals surface area contributed by atoms with Gasteiger partial charge < -0.3 is 0 Å². The SMILES string of the molecule is Cc1nc(-c2ccccc2)sc1C(=O)NNC(=O)c1ccnc(Cl)c1. The fraction of sp³-hybridized carbons (Fsp3) is 0.0588. The van der Waals surface area contributed by atoms with Crippen LogP contribution in [0.3, 0.4) is 0 Å². The van der Waals surface area contributed by atoms with Gasteiger partial charge in [0.25, 0.3) is 11.8 Å². The Morgan fingerprint density at radius 3 is 2.52 bits per heavy atom. The molecule has 0 aliphatic heterocycles. The number of aryl methyl sites for hydroxylation is 1. The van der Waals surface area contributed by atoms with Crippen LogP contribution in [0, 0.1) is 6.92 Å². The monoisotopic (exact) mass is 372 g/mol. The number of pyridine rings is 1. The number of thiazole rings is 1. The summed E-state index contributed by atoms with van der Waals surface area (Å²) in [7, 11) is 0. The Hall–Kier alpha value is -2.77. The van der Waals surface area contributed by atoms with Gasteiger partial charge in [0.2, 0.25) is 0 Å². The first-order valence-corrected chi connectivity index (χ1v) is 8.49. The number of hydrogen-bond acceptors (Lipinski definition) is 5. The van der Waals surface area contributed by atoms with E-state index >= 15 is 0 Å². The van der Waals surface area contributed by atoms with Gasteiger partial charge in [-0.3, -0.25) is 20.4 Å². The summed E-state index contributed by atoms with van der Waals surface area (Å²) in [5.74, 6) is -0.909. The molecule has 0 fully saturated rings. The zero-order valence-electron chi connectivity index (χ0n) is 13.1. The standard InChI is InChI=1S/C17H13ClN4O2S/c1-10-14(25-17(20-10)11-5-3-2-4-6-11)16(24)22-21-15(23)12-7-8-19-13(18)9-12/h2-9H,1H3,(H,21,23)(H,22,24). The van der Waals surface area contributed by atoms with Crippen molar-refractivity contribution in [3.63, 3.8) is 0 Å². The van der Waals surface area contributed by atoms with E-state index in [1.807, 2.05) is 30.3 Å². The summed E-state index contributed by atoms with van der Waals surface area (Å²) in [5, 5.41) is 0.945. The predicted molar refractivity (Wildman–Crippen MR) is 96.5 cm³/mol. The topological polar surface area (TPSA) is 84.0 Å².